The fraction of sp³-hybridized carbons (Fsp3) is 0.400. The average Bonchev–Trinajstić information content (AvgIpc) is 3.08. The van der Waals surface area contributed by atoms with Crippen molar-refractivity contribution >= 4 is 29.0 Å². The van der Waals surface area contributed by atoms with Crippen LogP contribution >= 0.6 is 11.3 Å². The number of rotatable bonds is 3. The Kier molecular flexibility index (Phi) is 5.13. The summed E-state index contributed by atoms with van der Waals surface area (Å²) in [6, 6.07) is 8.63. The minimum atomic E-state index is -0.209. The Hall–Kier alpha value is -2.38. The number of thiophene rings is 1. The van der Waals surface area contributed by atoms with Crippen molar-refractivity contribution in [3.05, 3.63) is 51.2 Å². The van der Waals surface area contributed by atoms with Crippen molar-refractivity contribution in [2.75, 3.05) is 32.8 Å². The van der Waals surface area contributed by atoms with Crippen molar-refractivity contribution in [1.29, 1.82) is 0 Å². The van der Waals surface area contributed by atoms with Gasteiger partial charge in [-0.25, -0.2) is 9.79 Å². The first-order valence-electron chi connectivity index (χ1n) is 9.31. The van der Waals surface area contributed by atoms with Crippen molar-refractivity contribution in [2.45, 2.75) is 19.9 Å². The number of nitrogens with zero attached hydrogens (tertiary/aromatic N) is 3. The van der Waals surface area contributed by atoms with E-state index in [1.165, 1.54) is 16.7 Å². The van der Waals surface area contributed by atoms with Crippen molar-refractivity contribution in [2.24, 2.45) is 10.7 Å². The lowest BCUT2D eigenvalue weighted by Gasteiger charge is -2.34. The van der Waals surface area contributed by atoms with E-state index in [0.29, 0.717) is 25.5 Å². The van der Waals surface area contributed by atoms with Gasteiger partial charge in [0.05, 0.1) is 17.2 Å². The lowest BCUT2D eigenvalue weighted by Crippen LogP contribution is -2.48. The van der Waals surface area contributed by atoms with Gasteiger partial charge in [-0.2, -0.15) is 0 Å². The first-order chi connectivity index (χ1) is 13.1. The number of carbonyl (C=O) groups excluding carboxylic acids is 1. The van der Waals surface area contributed by atoms with Crippen LogP contribution in [0.3, 0.4) is 0 Å². The van der Waals surface area contributed by atoms with E-state index in [1.54, 1.807) is 16.2 Å². The molecule has 0 spiro atoms. The molecule has 2 aromatic rings. The second-order valence-electron chi connectivity index (χ2n) is 6.87. The molecule has 1 saturated heterocycles. The van der Waals surface area contributed by atoms with Gasteiger partial charge in [-0.1, -0.05) is 12.1 Å². The number of ether oxygens (including phenoxy) is 1. The summed E-state index contributed by atoms with van der Waals surface area (Å²) in [6.07, 6.45) is 0.663. The smallest absolute Gasteiger partial charge is 0.409 e. The summed E-state index contributed by atoms with van der Waals surface area (Å²) in [5.41, 5.74) is 10.9. The fourth-order valence-corrected chi connectivity index (χ4v) is 4.43. The summed E-state index contributed by atoms with van der Waals surface area (Å²) in [5, 5.41) is 2.07. The highest BCUT2D eigenvalue weighted by atomic mass is 32.1. The molecule has 27 heavy (non-hydrogen) atoms. The van der Waals surface area contributed by atoms with E-state index in [-0.39, 0.29) is 6.09 Å². The zero-order valence-corrected chi connectivity index (χ0v) is 16.3. The number of carbonyl (C=O) groups is 1. The van der Waals surface area contributed by atoms with Gasteiger partial charge in [-0.05, 0) is 41.1 Å². The monoisotopic (exact) mass is 384 g/mol. The number of hydrogen-bond donors (Lipinski definition) is 1. The number of benzene rings is 1. The zero-order valence-electron chi connectivity index (χ0n) is 15.5. The number of amidine groups is 1. The van der Waals surface area contributed by atoms with Crippen LogP contribution in [0.15, 0.2) is 34.6 Å². The first-order valence-corrected chi connectivity index (χ1v) is 10.2. The number of fused-ring (bicyclic) bond motifs is 2. The molecule has 4 rings (SSSR count). The summed E-state index contributed by atoms with van der Waals surface area (Å²) in [6.45, 7) is 6.20. The van der Waals surface area contributed by atoms with Gasteiger partial charge < -0.3 is 15.4 Å². The Balaban J connectivity index is 1.43. The highest BCUT2D eigenvalue weighted by molar-refractivity contribution is 7.12. The van der Waals surface area contributed by atoms with Gasteiger partial charge in [0.25, 0.3) is 0 Å². The SMILES string of the molecule is CCOC(=O)N1CCN(Cc2ccc3c(c2)N=C(N)c2sccc2C3)CC1. The lowest BCUT2D eigenvalue weighted by molar-refractivity contribution is 0.0778. The molecule has 6 nitrogen and oxygen atoms in total. The fourth-order valence-electron chi connectivity index (χ4n) is 3.61. The molecule has 0 bridgehead atoms. The maximum atomic E-state index is 11.8. The summed E-state index contributed by atoms with van der Waals surface area (Å²) < 4.78 is 5.08. The van der Waals surface area contributed by atoms with Crippen molar-refractivity contribution < 1.29 is 9.53 Å². The van der Waals surface area contributed by atoms with Gasteiger partial charge in [0, 0.05) is 39.1 Å². The minimum Gasteiger partial charge on any atom is -0.450 e. The van der Waals surface area contributed by atoms with E-state index in [1.807, 2.05) is 6.92 Å². The third kappa shape index (κ3) is 3.84. The Bertz CT molecular complexity index is 869. The van der Waals surface area contributed by atoms with E-state index in [0.717, 1.165) is 36.6 Å². The Morgan fingerprint density at radius 1 is 1.22 bits per heavy atom. The predicted molar refractivity (Wildman–Crippen MR) is 108 cm³/mol. The van der Waals surface area contributed by atoms with E-state index >= 15 is 0 Å². The molecule has 0 atom stereocenters. The van der Waals surface area contributed by atoms with Crippen LogP contribution in [-0.2, 0) is 17.7 Å². The minimum absolute atomic E-state index is 0.209. The van der Waals surface area contributed by atoms with Crippen LogP contribution in [0.2, 0.25) is 0 Å². The van der Waals surface area contributed by atoms with Crippen LogP contribution in [0.5, 0.6) is 0 Å². The topological polar surface area (TPSA) is 71.2 Å². The van der Waals surface area contributed by atoms with E-state index < -0.39 is 0 Å². The molecule has 0 radical (unpaired) electrons. The summed E-state index contributed by atoms with van der Waals surface area (Å²) >= 11 is 1.65. The number of piperazine rings is 1. The highest BCUT2D eigenvalue weighted by Crippen LogP contribution is 2.31. The highest BCUT2D eigenvalue weighted by Gasteiger charge is 2.22. The quantitative estimate of drug-likeness (QED) is 0.883. The molecule has 0 unspecified atom stereocenters. The predicted octanol–water partition coefficient (Wildman–Crippen LogP) is 2.96. The molecule has 142 valence electrons. The largest absolute Gasteiger partial charge is 0.450 e. The standard InChI is InChI=1S/C20H24N4O2S/c1-2-26-20(25)24-8-6-23(7-9-24)13-14-3-4-15-12-16-5-10-27-18(16)19(21)22-17(15)11-14/h3-5,10-11H,2,6-9,12-13H2,1H3,(H2,21,22). The molecule has 2 aliphatic heterocycles. The lowest BCUT2D eigenvalue weighted by atomic mass is 10.0. The van der Waals surface area contributed by atoms with Crippen LogP contribution in [0.25, 0.3) is 0 Å². The van der Waals surface area contributed by atoms with E-state index in [2.05, 4.69) is 39.5 Å². The normalized spacial score (nSPS) is 16.9. The Morgan fingerprint density at radius 3 is 2.81 bits per heavy atom. The molecule has 1 aromatic carbocycles. The average molecular weight is 385 g/mol. The van der Waals surface area contributed by atoms with Crippen LogP contribution < -0.4 is 5.73 Å². The number of aliphatic imine (C=N–C) groups is 1. The molecular weight excluding hydrogens is 360 g/mol. The molecular formula is C20H24N4O2S. The maximum Gasteiger partial charge on any atom is 0.409 e. The van der Waals surface area contributed by atoms with Crippen LogP contribution in [0.4, 0.5) is 10.5 Å². The molecule has 3 heterocycles. The molecule has 1 aromatic heterocycles. The van der Waals surface area contributed by atoms with Crippen molar-refractivity contribution in [1.82, 2.24) is 9.80 Å². The summed E-state index contributed by atoms with van der Waals surface area (Å²) in [4.78, 5) is 21.7. The molecule has 7 heteroatoms. The van der Waals surface area contributed by atoms with Crippen LogP contribution in [0.1, 0.15) is 28.5 Å². The molecule has 1 amide bonds. The number of amides is 1. The molecule has 0 saturated carbocycles. The van der Waals surface area contributed by atoms with Crippen LogP contribution in [-0.4, -0.2) is 54.5 Å². The molecule has 0 aliphatic carbocycles. The van der Waals surface area contributed by atoms with Crippen LogP contribution in [0, 0.1) is 0 Å². The van der Waals surface area contributed by atoms with Crippen molar-refractivity contribution in [3.8, 4) is 0 Å². The van der Waals surface area contributed by atoms with E-state index in [9.17, 15) is 4.79 Å². The number of hydrogen-bond acceptors (Lipinski definition) is 6. The third-order valence-electron chi connectivity index (χ3n) is 5.06. The second kappa shape index (κ2) is 7.70. The third-order valence-corrected chi connectivity index (χ3v) is 6.03. The summed E-state index contributed by atoms with van der Waals surface area (Å²) in [5.74, 6) is 0.610. The summed E-state index contributed by atoms with van der Waals surface area (Å²) in [7, 11) is 0. The molecule has 2 aliphatic rings. The molecule has 1 fully saturated rings. The van der Waals surface area contributed by atoms with Gasteiger partial charge in [-0.15, -0.1) is 11.3 Å². The van der Waals surface area contributed by atoms with Gasteiger partial charge in [0.1, 0.15) is 5.84 Å². The molecule has 2 N–H and O–H groups in total. The first kappa shape index (κ1) is 18.0. The Morgan fingerprint density at radius 2 is 2.04 bits per heavy atom. The van der Waals surface area contributed by atoms with Crippen molar-refractivity contribution in [3.63, 3.8) is 0 Å². The second-order valence-corrected chi connectivity index (χ2v) is 7.79. The Labute approximate surface area is 163 Å². The maximum absolute atomic E-state index is 11.8. The zero-order chi connectivity index (χ0) is 18.8. The number of nitrogens with two attached hydrogens (primary N) is 1. The van der Waals surface area contributed by atoms with Gasteiger partial charge in [0.15, 0.2) is 0 Å². The van der Waals surface area contributed by atoms with Gasteiger partial charge in [0.2, 0.25) is 0 Å². The van der Waals surface area contributed by atoms with E-state index in [4.69, 9.17) is 10.5 Å². The van der Waals surface area contributed by atoms with Gasteiger partial charge in [-0.3, -0.25) is 4.90 Å². The van der Waals surface area contributed by atoms with Gasteiger partial charge >= 0.3 is 6.09 Å².